The first-order valence-electron chi connectivity index (χ1n) is 27.3. The molecule has 8 aromatic rings. The standard InChI is InChI=1S/C68H68O11/c1-69-67-65(74-42-51-29-15-5-16-30-51)64-62(60(77-67)47-70-39-48-23-9-2-10-24-48)79-68-66(75-43-52-31-17-6-18-32-52)63(73-41-50-27-13-4-14-28-50)61(72-40-49-25-11-3-12-26-49)59(78-68)46-71-44-55-37-56(45-76-64)58(54-35-21-8-22-36-54)38-57(55)53-33-19-7-20-34-53/h2-38,59-68H,39-47H2,1H3/t59-,60-,61-,62+,63+,64+,65-,66-,67+,68+/m1/s1. The van der Waals surface area contributed by atoms with Gasteiger partial charge in [0.25, 0.3) is 0 Å². The molecule has 0 aliphatic carbocycles. The van der Waals surface area contributed by atoms with Gasteiger partial charge in [0.1, 0.15) is 48.8 Å². The van der Waals surface area contributed by atoms with E-state index in [4.69, 9.17) is 52.1 Å². The third-order valence-electron chi connectivity index (χ3n) is 14.7. The molecule has 0 aromatic heterocycles. The van der Waals surface area contributed by atoms with Gasteiger partial charge in [-0.05, 0) is 73.3 Å². The quantitative estimate of drug-likeness (QED) is 0.0774. The summed E-state index contributed by atoms with van der Waals surface area (Å²) in [7, 11) is 1.63. The monoisotopic (exact) mass is 1060 g/mol. The van der Waals surface area contributed by atoms with Crippen molar-refractivity contribution in [2.75, 3.05) is 20.3 Å². The van der Waals surface area contributed by atoms with E-state index in [2.05, 4.69) is 84.9 Å². The molecule has 406 valence electrons. The average Bonchev–Trinajstić information content (AvgIpc) is 3.53. The molecule has 79 heavy (non-hydrogen) atoms. The summed E-state index contributed by atoms with van der Waals surface area (Å²) in [5.41, 5.74) is 11.1. The second kappa shape index (κ2) is 27.5. The highest BCUT2D eigenvalue weighted by molar-refractivity contribution is 5.78. The molecule has 0 spiro atoms. The number of methoxy groups -OCH3 is 1. The molecule has 8 aromatic carbocycles. The lowest BCUT2D eigenvalue weighted by molar-refractivity contribution is -0.376. The summed E-state index contributed by atoms with van der Waals surface area (Å²) in [6, 6.07) is 75.8. The highest BCUT2D eigenvalue weighted by Gasteiger charge is 2.54. The van der Waals surface area contributed by atoms with Crippen LogP contribution in [-0.4, -0.2) is 81.7 Å². The van der Waals surface area contributed by atoms with E-state index in [0.717, 1.165) is 61.2 Å². The summed E-state index contributed by atoms with van der Waals surface area (Å²) in [6.45, 7) is 2.00. The predicted molar refractivity (Wildman–Crippen MR) is 301 cm³/mol. The Morgan fingerprint density at radius 3 is 1.33 bits per heavy atom. The maximum absolute atomic E-state index is 7.60. The fourth-order valence-electron chi connectivity index (χ4n) is 10.7. The van der Waals surface area contributed by atoms with Crippen molar-refractivity contribution in [1.82, 2.24) is 0 Å². The van der Waals surface area contributed by atoms with Gasteiger partial charge in [-0.15, -0.1) is 0 Å². The van der Waals surface area contributed by atoms with Gasteiger partial charge >= 0.3 is 0 Å². The van der Waals surface area contributed by atoms with Crippen molar-refractivity contribution in [3.05, 3.63) is 263 Å². The molecule has 11 nitrogen and oxygen atoms in total. The van der Waals surface area contributed by atoms with Crippen LogP contribution in [0.25, 0.3) is 22.3 Å². The molecule has 0 unspecified atom stereocenters. The fraction of sp³-hybridized carbons (Fsp3) is 0.294. The summed E-state index contributed by atoms with van der Waals surface area (Å²) in [5.74, 6) is 0. The van der Waals surface area contributed by atoms with Crippen LogP contribution in [0.5, 0.6) is 0 Å². The Balaban J connectivity index is 1.06. The zero-order valence-electron chi connectivity index (χ0n) is 44.5. The number of hydrogen-bond acceptors (Lipinski definition) is 11. The smallest absolute Gasteiger partial charge is 0.187 e. The van der Waals surface area contributed by atoms with Gasteiger partial charge in [-0.1, -0.05) is 212 Å². The van der Waals surface area contributed by atoms with E-state index in [1.54, 1.807) is 7.11 Å². The number of ether oxygens (including phenoxy) is 11. The minimum atomic E-state index is -1.10. The number of hydrogen-bond donors (Lipinski definition) is 0. The van der Waals surface area contributed by atoms with Crippen molar-refractivity contribution in [3.8, 4) is 22.3 Å². The Labute approximate surface area is 463 Å². The van der Waals surface area contributed by atoms with E-state index in [1.807, 2.05) is 140 Å². The van der Waals surface area contributed by atoms with Crippen LogP contribution in [-0.2, 0) is 98.4 Å². The minimum Gasteiger partial charge on any atom is -0.374 e. The number of rotatable bonds is 19. The SMILES string of the molecule is CO[C@H]1O[C@H](COCc2ccccc2)[C@@H]2O[C@@H]3O[C@H](COCc4cc(c(-c5ccccc5)cc4-c4ccccc4)CO[C@@H]2[C@H]1OCc1ccccc1)[C@@H](OCc1ccccc1)[C@H](OCc1ccccc1)[C@H]3OCc1ccccc1. The van der Waals surface area contributed by atoms with Crippen molar-refractivity contribution >= 4 is 0 Å². The van der Waals surface area contributed by atoms with E-state index in [9.17, 15) is 0 Å². The maximum Gasteiger partial charge on any atom is 0.187 e. The van der Waals surface area contributed by atoms with E-state index in [0.29, 0.717) is 6.61 Å². The minimum absolute atomic E-state index is 0.113. The highest BCUT2D eigenvalue weighted by Crippen LogP contribution is 2.40. The molecule has 4 bridgehead atoms. The molecule has 2 saturated heterocycles. The zero-order chi connectivity index (χ0) is 53.4. The third kappa shape index (κ3) is 14.0. The molecule has 0 radical (unpaired) electrons. The van der Waals surface area contributed by atoms with Gasteiger partial charge in [-0.3, -0.25) is 0 Å². The summed E-state index contributed by atoms with van der Waals surface area (Å²) in [5, 5.41) is 0. The largest absolute Gasteiger partial charge is 0.374 e. The van der Waals surface area contributed by atoms with Crippen LogP contribution in [0.3, 0.4) is 0 Å². The zero-order valence-corrected chi connectivity index (χ0v) is 44.5. The Hall–Kier alpha value is -6.68. The van der Waals surface area contributed by atoms with E-state index >= 15 is 0 Å². The topological polar surface area (TPSA) is 102 Å². The Kier molecular flexibility index (Phi) is 18.9. The third-order valence-corrected chi connectivity index (χ3v) is 14.7. The highest BCUT2D eigenvalue weighted by atomic mass is 16.8. The molecule has 3 aliphatic rings. The molecule has 11 heteroatoms. The van der Waals surface area contributed by atoms with E-state index in [-0.39, 0.29) is 52.9 Å². The fourth-order valence-corrected chi connectivity index (χ4v) is 10.7. The van der Waals surface area contributed by atoms with Crippen molar-refractivity contribution in [3.63, 3.8) is 0 Å². The second-order valence-electron chi connectivity index (χ2n) is 20.2. The lowest BCUT2D eigenvalue weighted by Gasteiger charge is -2.50. The van der Waals surface area contributed by atoms with Crippen molar-refractivity contribution in [1.29, 1.82) is 0 Å². The van der Waals surface area contributed by atoms with Crippen LogP contribution in [0.15, 0.2) is 224 Å². The summed E-state index contributed by atoms with van der Waals surface area (Å²) < 4.78 is 77.5. The summed E-state index contributed by atoms with van der Waals surface area (Å²) in [4.78, 5) is 0. The molecule has 3 aliphatic heterocycles. The first-order chi connectivity index (χ1) is 39.1. The summed E-state index contributed by atoms with van der Waals surface area (Å²) >= 11 is 0. The van der Waals surface area contributed by atoms with Crippen molar-refractivity contribution in [2.24, 2.45) is 0 Å². The molecular weight excluding hydrogens is 993 g/mol. The Bertz CT molecular complexity index is 3050. The van der Waals surface area contributed by atoms with Crippen molar-refractivity contribution < 1.29 is 52.1 Å². The summed E-state index contributed by atoms with van der Waals surface area (Å²) in [6.07, 6.45) is -8.36. The normalized spacial score (nSPS) is 24.2. The molecule has 11 rings (SSSR count). The van der Waals surface area contributed by atoms with Gasteiger partial charge in [-0.25, -0.2) is 0 Å². The van der Waals surface area contributed by atoms with Gasteiger partial charge in [0.05, 0.1) is 59.5 Å². The van der Waals surface area contributed by atoms with Gasteiger partial charge in [0.15, 0.2) is 12.6 Å². The first kappa shape index (κ1) is 54.3. The predicted octanol–water partition coefficient (Wildman–Crippen LogP) is 12.5. The Morgan fingerprint density at radius 1 is 0.405 bits per heavy atom. The van der Waals surface area contributed by atoms with Crippen LogP contribution in [0.2, 0.25) is 0 Å². The molecule has 0 N–H and O–H groups in total. The first-order valence-corrected chi connectivity index (χ1v) is 27.3. The van der Waals surface area contributed by atoms with Crippen molar-refractivity contribution in [2.45, 2.75) is 108 Å². The van der Waals surface area contributed by atoms with Gasteiger partial charge in [0, 0.05) is 7.11 Å². The van der Waals surface area contributed by atoms with Crippen LogP contribution >= 0.6 is 0 Å². The average molecular weight is 1060 g/mol. The van der Waals surface area contributed by atoms with Crippen LogP contribution in [0.4, 0.5) is 0 Å². The number of fused-ring (bicyclic) bond motifs is 5. The van der Waals surface area contributed by atoms with Crippen LogP contribution in [0.1, 0.15) is 38.9 Å². The Morgan fingerprint density at radius 2 is 0.835 bits per heavy atom. The lowest BCUT2D eigenvalue weighted by atomic mass is 9.90. The van der Waals surface area contributed by atoms with Crippen LogP contribution in [0, 0.1) is 0 Å². The molecule has 3 heterocycles. The molecule has 2 fully saturated rings. The van der Waals surface area contributed by atoms with E-state index in [1.165, 1.54) is 0 Å². The molecule has 0 saturated carbocycles. The molecule has 10 atom stereocenters. The number of benzene rings is 8. The van der Waals surface area contributed by atoms with E-state index < -0.39 is 61.4 Å². The molecular formula is C68H68O11. The van der Waals surface area contributed by atoms with Gasteiger partial charge in [0.2, 0.25) is 0 Å². The second-order valence-corrected chi connectivity index (χ2v) is 20.2. The molecule has 0 amide bonds. The lowest BCUT2D eigenvalue weighted by Crippen LogP contribution is -2.66. The van der Waals surface area contributed by atoms with Crippen LogP contribution < -0.4 is 0 Å². The van der Waals surface area contributed by atoms with Gasteiger partial charge in [-0.2, -0.15) is 0 Å². The van der Waals surface area contributed by atoms with Gasteiger partial charge < -0.3 is 52.1 Å². The maximum atomic E-state index is 7.60.